The fourth-order valence-electron chi connectivity index (χ4n) is 1.87. The molecule has 1 fully saturated rings. The molecule has 0 saturated carbocycles. The van der Waals surface area contributed by atoms with Gasteiger partial charge < -0.3 is 20.7 Å². The van der Waals surface area contributed by atoms with E-state index in [-0.39, 0.29) is 29.2 Å². The van der Waals surface area contributed by atoms with E-state index in [0.29, 0.717) is 12.8 Å². The van der Waals surface area contributed by atoms with E-state index in [4.69, 9.17) is 15.6 Å². The molecule has 5 nitrogen and oxygen atoms in total. The third-order valence-electron chi connectivity index (χ3n) is 3.02. The van der Waals surface area contributed by atoms with Crippen molar-refractivity contribution in [2.75, 3.05) is 17.8 Å². The van der Waals surface area contributed by atoms with Crippen molar-refractivity contribution < 1.29 is 19.7 Å². The predicted octanol–water partition coefficient (Wildman–Crippen LogP) is -0.425. The first-order chi connectivity index (χ1) is 7.90. The van der Waals surface area contributed by atoms with Gasteiger partial charge in [0.25, 0.3) is 0 Å². The van der Waals surface area contributed by atoms with Gasteiger partial charge in [-0.1, -0.05) is 0 Å². The van der Waals surface area contributed by atoms with Gasteiger partial charge in [0.1, 0.15) is 23.7 Å². The van der Waals surface area contributed by atoms with Gasteiger partial charge in [0.05, 0.1) is 18.5 Å². The highest BCUT2D eigenvalue weighted by atomic mass is 32.2. The lowest BCUT2D eigenvalue weighted by atomic mass is 10.2. The van der Waals surface area contributed by atoms with Gasteiger partial charge in [-0.3, -0.25) is 4.79 Å². The van der Waals surface area contributed by atoms with E-state index in [2.05, 4.69) is 6.26 Å². The molecule has 6 heteroatoms. The molecule has 1 heterocycles. The molecule has 100 valence electrons. The van der Waals surface area contributed by atoms with Gasteiger partial charge in [0.15, 0.2) is 0 Å². The lowest BCUT2D eigenvalue weighted by molar-refractivity contribution is -0.138. The maximum Gasteiger partial charge on any atom is 0.320 e. The Balaban J connectivity index is 2.21. The van der Waals surface area contributed by atoms with Crippen LogP contribution >= 0.6 is 0 Å². The van der Waals surface area contributed by atoms with E-state index >= 15 is 0 Å². The molecular formula is C11H22NO4S+. The maximum atomic E-state index is 10.6. The van der Waals surface area contributed by atoms with Crippen molar-refractivity contribution in [3.8, 4) is 0 Å². The zero-order valence-corrected chi connectivity index (χ0v) is 11.2. The molecule has 0 amide bonds. The highest BCUT2D eigenvalue weighted by molar-refractivity contribution is 7.96. The molecule has 0 bridgehead atoms. The number of carbonyl (C=O) groups is 1. The molecule has 0 radical (unpaired) electrons. The van der Waals surface area contributed by atoms with E-state index in [1.54, 1.807) is 0 Å². The highest BCUT2D eigenvalue weighted by Gasteiger charge is 2.34. The molecule has 17 heavy (non-hydrogen) atoms. The Hall–Kier alpha value is -0.300. The number of aliphatic carboxylic acids is 1. The number of aliphatic hydroxyl groups is 1. The van der Waals surface area contributed by atoms with Crippen LogP contribution in [0.15, 0.2) is 0 Å². The van der Waals surface area contributed by atoms with Crippen molar-refractivity contribution in [3.63, 3.8) is 0 Å². The zero-order chi connectivity index (χ0) is 13.0. The minimum atomic E-state index is -0.942. The Labute approximate surface area is 105 Å². The monoisotopic (exact) mass is 264 g/mol. The second-order valence-electron chi connectivity index (χ2n) is 4.65. The largest absolute Gasteiger partial charge is 0.480 e. The summed E-state index contributed by atoms with van der Waals surface area (Å²) < 4.78 is 5.61. The van der Waals surface area contributed by atoms with Crippen LogP contribution < -0.4 is 5.73 Å². The van der Waals surface area contributed by atoms with E-state index < -0.39 is 12.0 Å². The van der Waals surface area contributed by atoms with Crippen LogP contribution in [0.25, 0.3) is 0 Å². The third-order valence-corrected chi connectivity index (χ3v) is 4.89. The molecule has 0 aromatic carbocycles. The van der Waals surface area contributed by atoms with Crippen molar-refractivity contribution >= 4 is 16.9 Å². The minimum Gasteiger partial charge on any atom is -0.480 e. The summed E-state index contributed by atoms with van der Waals surface area (Å²) in [5.74, 6) is 0.745. The van der Waals surface area contributed by atoms with E-state index in [9.17, 15) is 9.90 Å². The van der Waals surface area contributed by atoms with E-state index in [1.165, 1.54) is 0 Å². The molecule has 1 rings (SSSR count). The van der Waals surface area contributed by atoms with E-state index in [0.717, 1.165) is 11.5 Å². The molecule has 1 aliphatic rings. The first kappa shape index (κ1) is 14.8. The molecule has 0 spiro atoms. The summed E-state index contributed by atoms with van der Waals surface area (Å²) in [6.45, 7) is 1.87. The predicted molar refractivity (Wildman–Crippen MR) is 68.2 cm³/mol. The summed E-state index contributed by atoms with van der Waals surface area (Å²) in [7, 11) is 0.0937. The van der Waals surface area contributed by atoms with Gasteiger partial charge in [0.2, 0.25) is 0 Å². The SMILES string of the molecule is CC1OC(C[S+](C)CC[C@@H](N)C(=O)O)C[C@H]1O. The van der Waals surface area contributed by atoms with Gasteiger partial charge in [0, 0.05) is 12.8 Å². The van der Waals surface area contributed by atoms with Crippen LogP contribution in [-0.4, -0.2) is 58.3 Å². The Kier molecular flexibility index (Phi) is 5.72. The fraction of sp³-hybridized carbons (Fsp3) is 0.909. The van der Waals surface area contributed by atoms with Crippen molar-refractivity contribution in [3.05, 3.63) is 0 Å². The van der Waals surface area contributed by atoms with Gasteiger partial charge in [-0.15, -0.1) is 0 Å². The second kappa shape index (κ2) is 6.58. The first-order valence-electron chi connectivity index (χ1n) is 5.81. The molecule has 0 aromatic heterocycles. The molecule has 4 N–H and O–H groups in total. The number of carboxylic acids is 1. The van der Waals surface area contributed by atoms with Gasteiger partial charge in [-0.25, -0.2) is 0 Å². The smallest absolute Gasteiger partial charge is 0.320 e. The average molecular weight is 264 g/mol. The van der Waals surface area contributed by atoms with Crippen LogP contribution in [0, 0.1) is 0 Å². The lowest BCUT2D eigenvalue weighted by Gasteiger charge is -2.11. The number of rotatable bonds is 6. The number of carboxylic acid groups (broad SMARTS) is 1. The Morgan fingerprint density at radius 3 is 2.76 bits per heavy atom. The van der Waals surface area contributed by atoms with Crippen molar-refractivity contribution in [2.24, 2.45) is 5.73 Å². The Morgan fingerprint density at radius 2 is 2.29 bits per heavy atom. The van der Waals surface area contributed by atoms with Crippen molar-refractivity contribution in [1.82, 2.24) is 0 Å². The quantitative estimate of drug-likeness (QED) is 0.566. The normalized spacial score (nSPS) is 32.4. The molecule has 1 aliphatic heterocycles. The van der Waals surface area contributed by atoms with Crippen LogP contribution in [0.1, 0.15) is 19.8 Å². The van der Waals surface area contributed by atoms with Crippen LogP contribution in [0.4, 0.5) is 0 Å². The van der Waals surface area contributed by atoms with Crippen LogP contribution in [0.2, 0.25) is 0 Å². The van der Waals surface area contributed by atoms with Gasteiger partial charge in [-0.2, -0.15) is 0 Å². The summed E-state index contributed by atoms with van der Waals surface area (Å²) in [6, 6.07) is -0.765. The molecular weight excluding hydrogens is 242 g/mol. The highest BCUT2D eigenvalue weighted by Crippen LogP contribution is 2.21. The van der Waals surface area contributed by atoms with E-state index in [1.807, 2.05) is 6.92 Å². The Bertz CT molecular complexity index is 254. The zero-order valence-electron chi connectivity index (χ0n) is 10.3. The van der Waals surface area contributed by atoms with Crippen LogP contribution in [0.3, 0.4) is 0 Å². The fourth-order valence-corrected chi connectivity index (χ4v) is 3.54. The van der Waals surface area contributed by atoms with Crippen LogP contribution in [-0.2, 0) is 20.4 Å². The number of nitrogens with two attached hydrogens (primary N) is 1. The summed E-state index contributed by atoms with van der Waals surface area (Å²) in [4.78, 5) is 10.6. The second-order valence-corrected chi connectivity index (χ2v) is 6.96. The molecule has 5 atom stereocenters. The van der Waals surface area contributed by atoms with Crippen molar-refractivity contribution in [1.29, 1.82) is 0 Å². The molecule has 3 unspecified atom stereocenters. The Morgan fingerprint density at radius 1 is 1.65 bits per heavy atom. The number of ether oxygens (including phenoxy) is 1. The van der Waals surface area contributed by atoms with Gasteiger partial charge in [-0.05, 0) is 17.8 Å². The third kappa shape index (κ3) is 4.83. The molecule has 0 aromatic rings. The number of aliphatic hydroxyl groups excluding tert-OH is 1. The van der Waals surface area contributed by atoms with Gasteiger partial charge >= 0.3 is 5.97 Å². The lowest BCUT2D eigenvalue weighted by Crippen LogP contribution is -2.33. The average Bonchev–Trinajstić information content (AvgIpc) is 2.54. The topological polar surface area (TPSA) is 92.8 Å². The van der Waals surface area contributed by atoms with Crippen molar-refractivity contribution in [2.45, 2.75) is 44.1 Å². The summed E-state index contributed by atoms with van der Waals surface area (Å²) in [5.41, 5.74) is 5.45. The summed E-state index contributed by atoms with van der Waals surface area (Å²) >= 11 is 0. The maximum absolute atomic E-state index is 10.6. The number of hydrogen-bond acceptors (Lipinski definition) is 4. The standard InChI is InChI=1S/C11H21NO4S/c1-7-10(13)5-8(16-7)6-17(2)4-3-9(12)11(14)15/h7-10,13H,3-6,12H2,1-2H3/p+1/t7?,8?,9-,10-,17?/m1/s1. The molecule has 1 saturated heterocycles. The van der Waals surface area contributed by atoms with Crippen LogP contribution in [0.5, 0.6) is 0 Å². The number of hydrogen-bond donors (Lipinski definition) is 3. The minimum absolute atomic E-state index is 0.0849. The summed E-state index contributed by atoms with van der Waals surface area (Å²) in [5, 5.41) is 18.2. The molecule has 0 aliphatic carbocycles. The first-order valence-corrected chi connectivity index (χ1v) is 7.78. The summed E-state index contributed by atoms with van der Waals surface area (Å²) in [6.07, 6.45) is 2.93.